The van der Waals surface area contributed by atoms with Crippen LogP contribution < -0.4 is 10.1 Å². The zero-order valence-corrected chi connectivity index (χ0v) is 20.5. The Kier molecular flexibility index (Phi) is 7.85. The Bertz CT molecular complexity index is 1350. The van der Waals surface area contributed by atoms with Crippen LogP contribution in [0, 0.1) is 0 Å². The van der Waals surface area contributed by atoms with E-state index in [4.69, 9.17) is 16.3 Å². The highest BCUT2D eigenvalue weighted by atomic mass is 35.5. The standard InChI is InChI=1S/C25H20ClF3N4O2S/c1-2-35-19-11-9-18(10-12-19)33-23(16-6-4-3-5-7-16)31-32-24(33)36-15-22(34)30-21-14-17(25(27,28)29)8-13-20(21)26/h3-14H,2,15H2,1H3,(H,30,34). The van der Waals surface area contributed by atoms with Gasteiger partial charge in [0.05, 0.1) is 28.6 Å². The van der Waals surface area contributed by atoms with Gasteiger partial charge in [-0.25, -0.2) is 0 Å². The van der Waals surface area contributed by atoms with Gasteiger partial charge in [0.2, 0.25) is 5.91 Å². The van der Waals surface area contributed by atoms with E-state index in [9.17, 15) is 18.0 Å². The minimum atomic E-state index is -4.55. The Labute approximate surface area is 214 Å². The number of benzene rings is 3. The third-order valence-corrected chi connectivity index (χ3v) is 6.23. The lowest BCUT2D eigenvalue weighted by atomic mass is 10.2. The van der Waals surface area contributed by atoms with Gasteiger partial charge in [0.1, 0.15) is 5.75 Å². The predicted octanol–water partition coefficient (Wildman–Crippen LogP) is 6.74. The van der Waals surface area contributed by atoms with E-state index in [2.05, 4.69) is 15.5 Å². The number of halogens is 4. The third-order valence-electron chi connectivity index (χ3n) is 4.97. The summed E-state index contributed by atoms with van der Waals surface area (Å²) in [5.41, 5.74) is 0.560. The summed E-state index contributed by atoms with van der Waals surface area (Å²) in [5, 5.41) is 11.5. The second-order valence-electron chi connectivity index (χ2n) is 7.46. The number of alkyl halides is 3. The number of nitrogens with one attached hydrogen (secondary N) is 1. The Morgan fingerprint density at radius 3 is 2.44 bits per heavy atom. The molecule has 4 aromatic rings. The quantitative estimate of drug-likeness (QED) is 0.255. The molecular formula is C25H20ClF3N4O2S. The first-order valence-corrected chi connectivity index (χ1v) is 12.2. The molecule has 36 heavy (non-hydrogen) atoms. The molecule has 0 atom stereocenters. The van der Waals surface area contributed by atoms with E-state index in [1.54, 1.807) is 4.57 Å². The van der Waals surface area contributed by atoms with Crippen molar-refractivity contribution in [1.29, 1.82) is 0 Å². The molecule has 0 radical (unpaired) electrons. The average Bonchev–Trinajstić information content (AvgIpc) is 3.29. The van der Waals surface area contributed by atoms with E-state index in [-0.39, 0.29) is 16.5 Å². The summed E-state index contributed by atoms with van der Waals surface area (Å²) < 4.78 is 46.4. The number of nitrogens with zero attached hydrogens (tertiary/aromatic N) is 3. The summed E-state index contributed by atoms with van der Waals surface area (Å²) in [4.78, 5) is 12.6. The molecule has 11 heteroatoms. The Balaban J connectivity index is 1.57. The van der Waals surface area contributed by atoms with E-state index in [0.29, 0.717) is 23.3 Å². The minimum Gasteiger partial charge on any atom is -0.494 e. The average molecular weight is 533 g/mol. The van der Waals surface area contributed by atoms with Crippen molar-refractivity contribution in [3.63, 3.8) is 0 Å². The molecule has 0 fully saturated rings. The molecule has 0 spiro atoms. The molecule has 0 saturated carbocycles. The van der Waals surface area contributed by atoms with Crippen molar-refractivity contribution in [2.75, 3.05) is 17.7 Å². The van der Waals surface area contributed by atoms with E-state index in [1.807, 2.05) is 61.5 Å². The predicted molar refractivity (Wildman–Crippen MR) is 134 cm³/mol. The highest BCUT2D eigenvalue weighted by molar-refractivity contribution is 7.99. The molecule has 1 N–H and O–H groups in total. The van der Waals surface area contributed by atoms with Gasteiger partial charge >= 0.3 is 6.18 Å². The van der Waals surface area contributed by atoms with Crippen molar-refractivity contribution in [3.8, 4) is 22.8 Å². The highest BCUT2D eigenvalue weighted by Crippen LogP contribution is 2.34. The van der Waals surface area contributed by atoms with E-state index in [0.717, 1.165) is 41.2 Å². The van der Waals surface area contributed by atoms with Gasteiger partial charge in [0.25, 0.3) is 0 Å². The minimum absolute atomic E-state index is 0.00488. The van der Waals surface area contributed by atoms with Crippen molar-refractivity contribution >= 4 is 35.0 Å². The summed E-state index contributed by atoms with van der Waals surface area (Å²) in [6.07, 6.45) is -4.55. The molecule has 1 heterocycles. The number of aromatic nitrogens is 3. The van der Waals surface area contributed by atoms with Crippen LogP contribution in [0.5, 0.6) is 5.75 Å². The van der Waals surface area contributed by atoms with Gasteiger partial charge in [-0.05, 0) is 49.4 Å². The van der Waals surface area contributed by atoms with Gasteiger partial charge in [-0.3, -0.25) is 9.36 Å². The number of rotatable bonds is 8. The Hall–Kier alpha value is -3.50. The van der Waals surface area contributed by atoms with Gasteiger partial charge in [-0.15, -0.1) is 10.2 Å². The maximum absolute atomic E-state index is 13.0. The molecule has 4 rings (SSSR count). The van der Waals surface area contributed by atoms with Crippen molar-refractivity contribution in [2.45, 2.75) is 18.3 Å². The SMILES string of the molecule is CCOc1ccc(-n2c(SCC(=O)Nc3cc(C(F)(F)F)ccc3Cl)nnc2-c2ccccc2)cc1. The Morgan fingerprint density at radius 2 is 1.78 bits per heavy atom. The van der Waals surface area contributed by atoms with Gasteiger partial charge in [0.15, 0.2) is 11.0 Å². The maximum atomic E-state index is 13.0. The second-order valence-corrected chi connectivity index (χ2v) is 8.81. The normalized spacial score (nSPS) is 11.4. The molecule has 0 aliphatic rings. The van der Waals surface area contributed by atoms with Crippen LogP contribution in [0.1, 0.15) is 12.5 Å². The molecule has 0 unspecified atom stereocenters. The lowest BCUT2D eigenvalue weighted by Gasteiger charge is -2.13. The number of amides is 1. The Morgan fingerprint density at radius 1 is 1.06 bits per heavy atom. The zero-order valence-electron chi connectivity index (χ0n) is 18.9. The van der Waals surface area contributed by atoms with Crippen molar-refractivity contribution in [2.24, 2.45) is 0 Å². The van der Waals surface area contributed by atoms with E-state index < -0.39 is 17.6 Å². The van der Waals surface area contributed by atoms with Crippen LogP contribution in [0.15, 0.2) is 78.0 Å². The van der Waals surface area contributed by atoms with Crippen molar-refractivity contribution in [3.05, 3.63) is 83.4 Å². The number of carbonyl (C=O) groups is 1. The van der Waals surface area contributed by atoms with Crippen LogP contribution in [0.25, 0.3) is 17.1 Å². The smallest absolute Gasteiger partial charge is 0.416 e. The monoisotopic (exact) mass is 532 g/mol. The first kappa shape index (κ1) is 25.6. The number of anilines is 1. The molecule has 1 amide bonds. The molecule has 6 nitrogen and oxygen atoms in total. The maximum Gasteiger partial charge on any atom is 0.416 e. The van der Waals surface area contributed by atoms with Crippen LogP contribution in [0.4, 0.5) is 18.9 Å². The number of hydrogen-bond acceptors (Lipinski definition) is 5. The van der Waals surface area contributed by atoms with Crippen LogP contribution in [0.3, 0.4) is 0 Å². The molecule has 0 bridgehead atoms. The fourth-order valence-corrected chi connectivity index (χ4v) is 4.26. The van der Waals surface area contributed by atoms with Crippen LogP contribution in [0.2, 0.25) is 5.02 Å². The summed E-state index contributed by atoms with van der Waals surface area (Å²) in [6, 6.07) is 19.6. The largest absolute Gasteiger partial charge is 0.494 e. The van der Waals surface area contributed by atoms with Crippen LogP contribution in [-0.2, 0) is 11.0 Å². The number of thioether (sulfide) groups is 1. The number of hydrogen-bond donors (Lipinski definition) is 1. The van der Waals surface area contributed by atoms with E-state index >= 15 is 0 Å². The first-order chi connectivity index (χ1) is 17.3. The van der Waals surface area contributed by atoms with Crippen LogP contribution in [-0.4, -0.2) is 33.0 Å². The zero-order chi connectivity index (χ0) is 25.7. The third kappa shape index (κ3) is 6.00. The highest BCUT2D eigenvalue weighted by Gasteiger charge is 2.31. The van der Waals surface area contributed by atoms with E-state index in [1.165, 1.54) is 0 Å². The van der Waals surface area contributed by atoms with Gasteiger partial charge < -0.3 is 10.1 Å². The molecule has 0 saturated heterocycles. The summed E-state index contributed by atoms with van der Waals surface area (Å²) >= 11 is 7.09. The number of carbonyl (C=O) groups excluding carboxylic acids is 1. The molecule has 0 aliphatic carbocycles. The van der Waals surface area contributed by atoms with Crippen molar-refractivity contribution in [1.82, 2.24) is 14.8 Å². The molecular weight excluding hydrogens is 513 g/mol. The lowest BCUT2D eigenvalue weighted by Crippen LogP contribution is -2.16. The molecule has 3 aromatic carbocycles. The van der Waals surface area contributed by atoms with Gasteiger partial charge in [-0.2, -0.15) is 13.2 Å². The fourth-order valence-electron chi connectivity index (χ4n) is 3.34. The summed E-state index contributed by atoms with van der Waals surface area (Å²) in [5.74, 6) is 0.616. The molecule has 0 aliphatic heterocycles. The fraction of sp³-hybridized carbons (Fsp3) is 0.160. The van der Waals surface area contributed by atoms with Crippen LogP contribution >= 0.6 is 23.4 Å². The van der Waals surface area contributed by atoms with Gasteiger partial charge in [0, 0.05) is 11.3 Å². The molecule has 1 aromatic heterocycles. The topological polar surface area (TPSA) is 69.0 Å². The molecule has 186 valence electrons. The van der Waals surface area contributed by atoms with Crippen molar-refractivity contribution < 1.29 is 22.7 Å². The van der Waals surface area contributed by atoms with Gasteiger partial charge in [-0.1, -0.05) is 53.7 Å². The number of ether oxygens (including phenoxy) is 1. The summed E-state index contributed by atoms with van der Waals surface area (Å²) in [7, 11) is 0. The first-order valence-electron chi connectivity index (χ1n) is 10.8. The summed E-state index contributed by atoms with van der Waals surface area (Å²) in [6.45, 7) is 2.43. The lowest BCUT2D eigenvalue weighted by molar-refractivity contribution is -0.137. The second kappa shape index (κ2) is 11.0.